The summed E-state index contributed by atoms with van der Waals surface area (Å²) in [5.41, 5.74) is 0. The van der Waals surface area contributed by atoms with Gasteiger partial charge in [-0.3, -0.25) is 0 Å². The van der Waals surface area contributed by atoms with Crippen LogP contribution in [0.25, 0.3) is 0 Å². The number of piperidine rings is 1. The molecule has 3 unspecified atom stereocenters. The van der Waals surface area contributed by atoms with Crippen LogP contribution < -0.4 is 10.0 Å². The van der Waals surface area contributed by atoms with Gasteiger partial charge < -0.3 is 20.1 Å². The maximum absolute atomic E-state index is 12.3. The fourth-order valence-corrected chi connectivity index (χ4v) is 4.43. The Morgan fingerprint density at radius 1 is 1.24 bits per heavy atom. The van der Waals surface area contributed by atoms with Crippen molar-refractivity contribution in [3.63, 3.8) is 0 Å². The number of nitrogens with zero attached hydrogens (tertiary/aromatic N) is 1. The van der Waals surface area contributed by atoms with Crippen molar-refractivity contribution in [3.05, 3.63) is 30.3 Å². The Balaban J connectivity index is 1.50. The number of benzene rings is 1. The van der Waals surface area contributed by atoms with E-state index >= 15 is 0 Å². The first-order valence-electron chi connectivity index (χ1n) is 8.75. The topological polar surface area (TPSA) is 90.9 Å². The second-order valence-electron chi connectivity index (χ2n) is 6.88. The van der Waals surface area contributed by atoms with E-state index in [9.17, 15) is 13.5 Å². The summed E-state index contributed by atoms with van der Waals surface area (Å²) < 4.78 is 32.7. The zero-order chi connectivity index (χ0) is 17.9. The van der Waals surface area contributed by atoms with Crippen LogP contribution in [-0.2, 0) is 14.8 Å². The lowest BCUT2D eigenvalue weighted by atomic mass is 10.0. The lowest BCUT2D eigenvalue weighted by molar-refractivity contribution is 0.0437. The van der Waals surface area contributed by atoms with Gasteiger partial charge >= 0.3 is 0 Å². The third-order valence-corrected chi connectivity index (χ3v) is 6.42. The average Bonchev–Trinajstić information content (AvgIpc) is 2.96. The molecule has 25 heavy (non-hydrogen) atoms. The van der Waals surface area contributed by atoms with Gasteiger partial charge in [-0.25, -0.2) is 13.1 Å². The Bertz CT molecular complexity index is 647. The second-order valence-corrected chi connectivity index (χ2v) is 8.64. The molecule has 3 rings (SSSR count). The summed E-state index contributed by atoms with van der Waals surface area (Å²) in [4.78, 5) is 2.50. The van der Waals surface area contributed by atoms with Crippen LogP contribution in [0.5, 0.6) is 0 Å². The molecular formula is C17H27N3O4S. The highest BCUT2D eigenvalue weighted by molar-refractivity contribution is 7.89. The van der Waals surface area contributed by atoms with E-state index in [2.05, 4.69) is 22.0 Å². The fraction of sp³-hybridized carbons (Fsp3) is 0.647. The van der Waals surface area contributed by atoms with E-state index in [-0.39, 0.29) is 17.5 Å². The van der Waals surface area contributed by atoms with Crippen LogP contribution in [0, 0.1) is 0 Å². The van der Waals surface area contributed by atoms with Crippen molar-refractivity contribution in [1.82, 2.24) is 14.9 Å². The number of nitrogens with one attached hydrogen (secondary N) is 2. The Labute approximate surface area is 149 Å². The van der Waals surface area contributed by atoms with Crippen LogP contribution >= 0.6 is 0 Å². The SMILES string of the molecule is CN1CCC(NC2COC(CNS(=O)(=O)c3ccccc3)C2O)CC1. The van der Waals surface area contributed by atoms with Crippen molar-refractivity contribution in [1.29, 1.82) is 0 Å². The fourth-order valence-electron chi connectivity index (χ4n) is 3.36. The van der Waals surface area contributed by atoms with Gasteiger partial charge in [-0.1, -0.05) is 18.2 Å². The highest BCUT2D eigenvalue weighted by Gasteiger charge is 2.37. The molecule has 2 aliphatic heterocycles. The number of aliphatic hydroxyl groups is 1. The average molecular weight is 369 g/mol. The minimum atomic E-state index is -3.59. The predicted molar refractivity (Wildman–Crippen MR) is 94.8 cm³/mol. The number of hydrogen-bond donors (Lipinski definition) is 3. The molecular weight excluding hydrogens is 342 g/mol. The van der Waals surface area contributed by atoms with Crippen LogP contribution in [0.15, 0.2) is 35.2 Å². The summed E-state index contributed by atoms with van der Waals surface area (Å²) in [6.45, 7) is 2.54. The van der Waals surface area contributed by atoms with E-state index in [4.69, 9.17) is 4.74 Å². The third kappa shape index (κ3) is 4.78. The molecule has 2 fully saturated rings. The maximum Gasteiger partial charge on any atom is 0.240 e. The number of likely N-dealkylation sites (tertiary alicyclic amines) is 1. The van der Waals surface area contributed by atoms with Gasteiger partial charge in [0.05, 0.1) is 29.8 Å². The molecule has 8 heteroatoms. The molecule has 2 heterocycles. The van der Waals surface area contributed by atoms with Gasteiger partial charge in [0, 0.05) is 12.6 Å². The molecule has 0 spiro atoms. The van der Waals surface area contributed by atoms with E-state index in [1.807, 2.05) is 0 Å². The van der Waals surface area contributed by atoms with Crippen LogP contribution in [-0.4, -0.2) is 76.0 Å². The first-order valence-corrected chi connectivity index (χ1v) is 10.2. The van der Waals surface area contributed by atoms with Gasteiger partial charge in [-0.15, -0.1) is 0 Å². The molecule has 3 N–H and O–H groups in total. The van der Waals surface area contributed by atoms with Crippen LogP contribution in [0.3, 0.4) is 0 Å². The zero-order valence-electron chi connectivity index (χ0n) is 14.5. The van der Waals surface area contributed by atoms with Crippen molar-refractivity contribution in [2.24, 2.45) is 0 Å². The Hall–Kier alpha value is -1.03. The lowest BCUT2D eigenvalue weighted by Gasteiger charge is -2.32. The summed E-state index contributed by atoms with van der Waals surface area (Å²) in [7, 11) is -1.48. The smallest absolute Gasteiger partial charge is 0.240 e. The minimum Gasteiger partial charge on any atom is -0.389 e. The molecule has 140 valence electrons. The van der Waals surface area contributed by atoms with Gasteiger partial charge in [0.25, 0.3) is 0 Å². The summed E-state index contributed by atoms with van der Waals surface area (Å²) >= 11 is 0. The molecule has 0 aromatic heterocycles. The van der Waals surface area contributed by atoms with E-state index in [1.54, 1.807) is 30.3 Å². The highest BCUT2D eigenvalue weighted by Crippen LogP contribution is 2.18. The molecule has 7 nitrogen and oxygen atoms in total. The first kappa shape index (κ1) is 18.8. The van der Waals surface area contributed by atoms with Crippen molar-refractivity contribution in [3.8, 4) is 0 Å². The minimum absolute atomic E-state index is 0.0595. The quantitative estimate of drug-likeness (QED) is 0.642. The second kappa shape index (κ2) is 8.11. The molecule has 0 radical (unpaired) electrons. The van der Waals surface area contributed by atoms with Crippen molar-refractivity contribution in [2.75, 3.05) is 33.3 Å². The summed E-state index contributed by atoms with van der Waals surface area (Å²) in [5.74, 6) is 0. The maximum atomic E-state index is 12.3. The first-order chi connectivity index (χ1) is 12.0. The van der Waals surface area contributed by atoms with Gasteiger partial charge in [-0.2, -0.15) is 0 Å². The van der Waals surface area contributed by atoms with Gasteiger partial charge in [-0.05, 0) is 45.1 Å². The monoisotopic (exact) mass is 369 g/mol. The van der Waals surface area contributed by atoms with Crippen molar-refractivity contribution >= 4 is 10.0 Å². The standard InChI is InChI=1S/C17H27N3O4S/c1-20-9-7-13(8-10-20)19-15-12-24-16(17(15)21)11-18-25(22,23)14-5-3-2-4-6-14/h2-6,13,15-19,21H,7-12H2,1H3. The largest absolute Gasteiger partial charge is 0.389 e. The van der Waals surface area contributed by atoms with Gasteiger partial charge in [0.1, 0.15) is 0 Å². The third-order valence-electron chi connectivity index (χ3n) is 4.98. The number of aliphatic hydroxyl groups excluding tert-OH is 1. The molecule has 1 aromatic rings. The molecule has 0 saturated carbocycles. The van der Waals surface area contributed by atoms with E-state index in [1.165, 1.54) is 0 Å². The molecule has 2 aliphatic rings. The van der Waals surface area contributed by atoms with Gasteiger partial charge in [0.2, 0.25) is 10.0 Å². The molecule has 0 bridgehead atoms. The summed E-state index contributed by atoms with van der Waals surface area (Å²) in [5, 5.41) is 13.9. The molecule has 1 aromatic carbocycles. The zero-order valence-corrected chi connectivity index (χ0v) is 15.3. The van der Waals surface area contributed by atoms with E-state index in [0.29, 0.717) is 12.6 Å². The van der Waals surface area contributed by atoms with Crippen LogP contribution in [0.1, 0.15) is 12.8 Å². The Morgan fingerprint density at radius 2 is 1.92 bits per heavy atom. The highest BCUT2D eigenvalue weighted by atomic mass is 32.2. The summed E-state index contributed by atoms with van der Waals surface area (Å²) in [6.07, 6.45) is 0.830. The Morgan fingerprint density at radius 3 is 2.60 bits per heavy atom. The molecule has 3 atom stereocenters. The molecule has 0 aliphatic carbocycles. The van der Waals surface area contributed by atoms with Crippen molar-refractivity contribution in [2.45, 2.75) is 42.0 Å². The number of hydrogen-bond acceptors (Lipinski definition) is 6. The van der Waals surface area contributed by atoms with E-state index < -0.39 is 22.2 Å². The number of ether oxygens (including phenoxy) is 1. The Kier molecular flexibility index (Phi) is 6.08. The molecule has 2 saturated heterocycles. The predicted octanol–water partition coefficient (Wildman–Crippen LogP) is -0.223. The molecule has 0 amide bonds. The van der Waals surface area contributed by atoms with Crippen LogP contribution in [0.2, 0.25) is 0 Å². The van der Waals surface area contributed by atoms with E-state index in [0.717, 1.165) is 25.9 Å². The van der Waals surface area contributed by atoms with Crippen LogP contribution in [0.4, 0.5) is 0 Å². The summed E-state index contributed by atoms with van der Waals surface area (Å²) in [6, 6.07) is 8.42. The number of sulfonamides is 1. The number of rotatable bonds is 6. The normalized spacial score (nSPS) is 29.1. The van der Waals surface area contributed by atoms with Gasteiger partial charge in [0.15, 0.2) is 0 Å². The van der Waals surface area contributed by atoms with Crippen molar-refractivity contribution < 1.29 is 18.3 Å². The lowest BCUT2D eigenvalue weighted by Crippen LogP contribution is -2.51.